The first-order valence-corrected chi connectivity index (χ1v) is 7.71. The van der Waals surface area contributed by atoms with Crippen LogP contribution in [0.25, 0.3) is 11.2 Å². The molecular formula is C10H13N5O5P-. The zero-order chi connectivity index (χ0) is 15.0. The zero-order valence-electron chi connectivity index (χ0n) is 10.9. The van der Waals surface area contributed by atoms with Gasteiger partial charge in [-0.2, -0.15) is 4.98 Å². The summed E-state index contributed by atoms with van der Waals surface area (Å²) in [6, 6.07) is 0. The third-order valence-electron chi connectivity index (χ3n) is 3.21. The van der Waals surface area contributed by atoms with Crippen molar-refractivity contribution in [2.45, 2.75) is 13.0 Å². The van der Waals surface area contributed by atoms with Crippen molar-refractivity contribution >= 4 is 24.9 Å². The number of nitrogens with zero attached hydrogens (tertiary/aromatic N) is 3. The summed E-state index contributed by atoms with van der Waals surface area (Å²) in [6.45, 7) is 0.667. The van der Waals surface area contributed by atoms with Crippen LogP contribution in [0.2, 0.25) is 0 Å². The fraction of sp³-hybridized carbons (Fsp3) is 0.500. The molecule has 3 heterocycles. The van der Waals surface area contributed by atoms with Crippen molar-refractivity contribution in [2.24, 2.45) is 5.92 Å². The molecule has 2 aromatic heterocycles. The molecule has 114 valence electrons. The first-order chi connectivity index (χ1) is 9.94. The highest BCUT2D eigenvalue weighted by Crippen LogP contribution is 2.43. The summed E-state index contributed by atoms with van der Waals surface area (Å²) < 4.78 is 21.9. The topological polar surface area (TPSA) is 148 Å². The average molecular weight is 314 g/mol. The lowest BCUT2D eigenvalue weighted by Gasteiger charge is -2.32. The van der Waals surface area contributed by atoms with Crippen molar-refractivity contribution < 1.29 is 18.5 Å². The second kappa shape index (κ2) is 5.23. The third-order valence-corrected chi connectivity index (χ3v) is 4.14. The molecule has 0 atom stereocenters. The maximum absolute atomic E-state index is 11.6. The minimum absolute atomic E-state index is 0.0193. The van der Waals surface area contributed by atoms with Gasteiger partial charge in [0, 0.05) is 12.5 Å². The van der Waals surface area contributed by atoms with E-state index >= 15 is 0 Å². The molecule has 0 bridgehead atoms. The van der Waals surface area contributed by atoms with Gasteiger partial charge in [0.1, 0.15) is 0 Å². The largest absolute Gasteiger partial charge is 0.756 e. The Kier molecular flexibility index (Phi) is 3.54. The van der Waals surface area contributed by atoms with Crippen LogP contribution in [0.4, 0.5) is 5.95 Å². The lowest BCUT2D eigenvalue weighted by Crippen LogP contribution is -2.26. The van der Waals surface area contributed by atoms with Crippen LogP contribution in [0.1, 0.15) is 6.42 Å². The Hall–Kier alpha value is -1.74. The van der Waals surface area contributed by atoms with E-state index < -0.39 is 13.4 Å². The number of phosphoric acid groups is 1. The van der Waals surface area contributed by atoms with Crippen LogP contribution in [-0.4, -0.2) is 32.7 Å². The Morgan fingerprint density at radius 3 is 2.95 bits per heavy atom. The molecule has 0 spiro atoms. The van der Waals surface area contributed by atoms with Gasteiger partial charge in [0.2, 0.25) is 5.95 Å². The number of H-pyrrole nitrogens is 1. The fourth-order valence-corrected chi connectivity index (χ4v) is 2.96. The van der Waals surface area contributed by atoms with Crippen LogP contribution in [0.5, 0.6) is 0 Å². The number of nitrogens with two attached hydrogens (primary N) is 1. The molecule has 0 aliphatic carbocycles. The van der Waals surface area contributed by atoms with Crippen LogP contribution in [-0.2, 0) is 20.2 Å². The van der Waals surface area contributed by atoms with Gasteiger partial charge >= 0.3 is 0 Å². The highest BCUT2D eigenvalue weighted by molar-refractivity contribution is 7.45. The summed E-state index contributed by atoms with van der Waals surface area (Å²) >= 11 is 0. The molecule has 10 nitrogen and oxygen atoms in total. The number of anilines is 1. The summed E-state index contributed by atoms with van der Waals surface area (Å²) in [7, 11) is -4.10. The van der Waals surface area contributed by atoms with E-state index in [4.69, 9.17) is 5.73 Å². The van der Waals surface area contributed by atoms with Crippen molar-refractivity contribution in [1.29, 1.82) is 0 Å². The number of aromatic amines is 1. The summed E-state index contributed by atoms with van der Waals surface area (Å²) in [4.78, 5) is 33.0. The van der Waals surface area contributed by atoms with Gasteiger partial charge in [-0.15, -0.1) is 0 Å². The van der Waals surface area contributed by atoms with Gasteiger partial charge in [-0.3, -0.25) is 14.3 Å². The standard InChI is InChI=1S/C10H14N5O5P/c11-10-13-8-7(9(16)14-10)12-5-15(8)2-1-6-3-19-21(17,18)20-4-6/h5-6H,1-4H2,(H,17,18)(H3,11,13,14,16)/p-1. The lowest BCUT2D eigenvalue weighted by molar-refractivity contribution is -0.235. The molecule has 0 radical (unpaired) electrons. The molecule has 1 aliphatic rings. The van der Waals surface area contributed by atoms with Gasteiger partial charge in [-0.1, -0.05) is 0 Å². The first-order valence-electron chi connectivity index (χ1n) is 6.25. The monoisotopic (exact) mass is 314 g/mol. The van der Waals surface area contributed by atoms with Crippen LogP contribution in [0, 0.1) is 5.92 Å². The molecule has 2 aromatic rings. The number of rotatable bonds is 3. The Morgan fingerprint density at radius 1 is 1.52 bits per heavy atom. The molecule has 3 N–H and O–H groups in total. The first kappa shape index (κ1) is 14.2. The summed E-state index contributed by atoms with van der Waals surface area (Å²) in [5.41, 5.74) is 5.72. The molecule has 3 rings (SSSR count). The Morgan fingerprint density at radius 2 is 2.24 bits per heavy atom. The van der Waals surface area contributed by atoms with E-state index in [1.165, 1.54) is 6.33 Å². The second-order valence-corrected chi connectivity index (χ2v) is 6.17. The van der Waals surface area contributed by atoms with Crippen LogP contribution < -0.4 is 16.2 Å². The molecule has 0 amide bonds. The molecule has 1 saturated heterocycles. The maximum Gasteiger partial charge on any atom is 0.280 e. The van der Waals surface area contributed by atoms with E-state index in [0.717, 1.165) is 0 Å². The molecular weight excluding hydrogens is 301 g/mol. The van der Waals surface area contributed by atoms with E-state index in [0.29, 0.717) is 18.6 Å². The van der Waals surface area contributed by atoms with E-state index in [-0.39, 0.29) is 30.6 Å². The number of hydrogen-bond acceptors (Lipinski definition) is 8. The second-order valence-electron chi connectivity index (χ2n) is 4.75. The molecule has 1 aliphatic heterocycles. The number of fused-ring (bicyclic) bond motifs is 1. The predicted molar refractivity (Wildman–Crippen MR) is 70.2 cm³/mol. The van der Waals surface area contributed by atoms with Gasteiger partial charge in [0.15, 0.2) is 11.2 Å². The average Bonchev–Trinajstić information content (AvgIpc) is 2.81. The Bertz CT molecular complexity index is 759. The van der Waals surface area contributed by atoms with E-state index in [1.807, 2.05) is 0 Å². The molecule has 0 saturated carbocycles. The smallest absolute Gasteiger partial charge is 0.280 e. The summed E-state index contributed by atoms with van der Waals surface area (Å²) in [5.74, 6) is -0.0382. The minimum Gasteiger partial charge on any atom is -0.756 e. The molecule has 21 heavy (non-hydrogen) atoms. The number of phosphoric ester groups is 1. The molecule has 1 fully saturated rings. The molecule has 0 unspecified atom stereocenters. The Labute approximate surface area is 118 Å². The zero-order valence-corrected chi connectivity index (χ0v) is 11.8. The van der Waals surface area contributed by atoms with Gasteiger partial charge < -0.3 is 24.2 Å². The third kappa shape index (κ3) is 2.98. The van der Waals surface area contributed by atoms with E-state index in [1.54, 1.807) is 4.57 Å². The fourth-order valence-electron chi connectivity index (χ4n) is 2.10. The van der Waals surface area contributed by atoms with E-state index in [9.17, 15) is 14.3 Å². The number of nitrogens with one attached hydrogen (secondary N) is 1. The van der Waals surface area contributed by atoms with Gasteiger partial charge in [-0.05, 0) is 6.42 Å². The normalized spacial score (nSPS) is 26.2. The summed E-state index contributed by atoms with van der Waals surface area (Å²) in [6.07, 6.45) is 2.09. The maximum atomic E-state index is 11.6. The van der Waals surface area contributed by atoms with Crippen molar-refractivity contribution in [3.63, 3.8) is 0 Å². The van der Waals surface area contributed by atoms with Crippen LogP contribution >= 0.6 is 7.82 Å². The van der Waals surface area contributed by atoms with Gasteiger partial charge in [-0.25, -0.2) is 4.98 Å². The number of hydrogen-bond donors (Lipinski definition) is 2. The number of aromatic nitrogens is 4. The van der Waals surface area contributed by atoms with Crippen molar-refractivity contribution in [3.8, 4) is 0 Å². The lowest BCUT2D eigenvalue weighted by atomic mass is 10.1. The molecule has 0 aromatic carbocycles. The van der Waals surface area contributed by atoms with Crippen molar-refractivity contribution in [1.82, 2.24) is 19.5 Å². The quantitative estimate of drug-likeness (QED) is 0.701. The van der Waals surface area contributed by atoms with Crippen molar-refractivity contribution in [2.75, 3.05) is 18.9 Å². The highest BCUT2D eigenvalue weighted by Gasteiger charge is 2.23. The van der Waals surface area contributed by atoms with Crippen LogP contribution in [0.15, 0.2) is 11.1 Å². The van der Waals surface area contributed by atoms with Crippen molar-refractivity contribution in [3.05, 3.63) is 16.7 Å². The predicted octanol–water partition coefficient (Wildman–Crippen LogP) is -0.777. The summed E-state index contributed by atoms with van der Waals surface area (Å²) in [5, 5.41) is 0. The number of aryl methyl sites for hydroxylation is 1. The van der Waals surface area contributed by atoms with Gasteiger partial charge in [0.25, 0.3) is 13.4 Å². The molecule has 11 heteroatoms. The Balaban J connectivity index is 1.72. The highest BCUT2D eigenvalue weighted by atomic mass is 31.2. The van der Waals surface area contributed by atoms with Crippen LogP contribution in [0.3, 0.4) is 0 Å². The van der Waals surface area contributed by atoms with Gasteiger partial charge in [0.05, 0.1) is 19.5 Å². The number of imidazole rings is 1. The van der Waals surface area contributed by atoms with E-state index in [2.05, 4.69) is 24.0 Å². The minimum atomic E-state index is -4.10. The number of nitrogen functional groups attached to an aromatic ring is 1. The SMILES string of the molecule is Nc1nc2c(ncn2CCC2COP(=O)([O-])OC2)c(=O)[nH]1.